The first-order valence-corrected chi connectivity index (χ1v) is 7.49. The lowest BCUT2D eigenvalue weighted by molar-refractivity contribution is -0.432. The van der Waals surface area contributed by atoms with Crippen molar-refractivity contribution in [2.45, 2.75) is 5.92 Å². The van der Waals surface area contributed by atoms with Crippen LogP contribution in [0.15, 0.2) is 64.6 Å². The van der Waals surface area contributed by atoms with Crippen molar-refractivity contribution in [3.05, 3.63) is 85.8 Å². The molecule has 0 fully saturated rings. The Labute approximate surface area is 135 Å². The maximum Gasteiger partial charge on any atom is 0.317 e. The van der Waals surface area contributed by atoms with E-state index in [1.54, 1.807) is 7.05 Å². The van der Waals surface area contributed by atoms with Gasteiger partial charge in [-0.1, -0.05) is 46.3 Å². The van der Waals surface area contributed by atoms with Gasteiger partial charge < -0.3 is 10.1 Å². The lowest BCUT2D eigenvalue weighted by Crippen LogP contribution is -2.27. The largest absolute Gasteiger partial charge is 0.435 e. The minimum Gasteiger partial charge on any atom is -0.435 e. The molecule has 0 aliphatic carbocycles. The summed E-state index contributed by atoms with van der Waals surface area (Å²) in [5.41, 5.74) is 1.63. The van der Waals surface area contributed by atoms with Crippen LogP contribution in [0.1, 0.15) is 17.0 Å². The molecule has 0 spiro atoms. The van der Waals surface area contributed by atoms with Crippen molar-refractivity contribution in [1.82, 2.24) is 5.32 Å². The molecule has 0 radical (unpaired) electrons. The van der Waals surface area contributed by atoms with Gasteiger partial charge in [-0.15, -0.1) is 0 Å². The number of nitrogens with one attached hydrogen (secondary N) is 1. The molecule has 2 aromatic carbocycles. The van der Waals surface area contributed by atoms with Gasteiger partial charge in [-0.05, 0) is 23.8 Å². The van der Waals surface area contributed by atoms with E-state index in [2.05, 4.69) is 21.2 Å². The molecular formula is C16H13BrN2O3. The molecule has 5 nitrogen and oxygen atoms in total. The minimum absolute atomic E-state index is 0.0132. The zero-order valence-corrected chi connectivity index (χ0v) is 13.3. The second-order valence-electron chi connectivity index (χ2n) is 4.85. The van der Waals surface area contributed by atoms with Gasteiger partial charge >= 0.3 is 5.70 Å². The van der Waals surface area contributed by atoms with Crippen LogP contribution in [0.4, 0.5) is 0 Å². The monoisotopic (exact) mass is 360 g/mol. The van der Waals surface area contributed by atoms with Crippen molar-refractivity contribution < 1.29 is 9.66 Å². The average molecular weight is 361 g/mol. The maximum atomic E-state index is 11.6. The molecule has 0 saturated heterocycles. The number of halogens is 1. The first-order valence-electron chi connectivity index (χ1n) is 6.70. The third-order valence-electron chi connectivity index (χ3n) is 3.56. The van der Waals surface area contributed by atoms with E-state index in [4.69, 9.17) is 4.74 Å². The van der Waals surface area contributed by atoms with Crippen molar-refractivity contribution in [3.63, 3.8) is 0 Å². The number of benzene rings is 2. The van der Waals surface area contributed by atoms with E-state index in [0.717, 1.165) is 15.6 Å². The van der Waals surface area contributed by atoms with E-state index in [9.17, 15) is 10.1 Å². The van der Waals surface area contributed by atoms with Gasteiger partial charge in [-0.2, -0.15) is 0 Å². The molecule has 112 valence electrons. The Kier molecular flexibility index (Phi) is 3.85. The number of fused-ring (bicyclic) bond motifs is 1. The summed E-state index contributed by atoms with van der Waals surface area (Å²) < 4.78 is 6.52. The predicted octanol–water partition coefficient (Wildman–Crippen LogP) is 3.64. The summed E-state index contributed by atoms with van der Waals surface area (Å²) in [4.78, 5) is 11.2. The Bertz CT molecular complexity index is 759. The highest BCUT2D eigenvalue weighted by Gasteiger charge is 2.39. The van der Waals surface area contributed by atoms with E-state index < -0.39 is 5.92 Å². The Morgan fingerprint density at radius 3 is 2.59 bits per heavy atom. The molecule has 1 aliphatic rings. The van der Waals surface area contributed by atoms with Crippen LogP contribution in [0.25, 0.3) is 0 Å². The molecular weight excluding hydrogens is 348 g/mol. The Morgan fingerprint density at radius 1 is 1.23 bits per heavy atom. The van der Waals surface area contributed by atoms with Crippen LogP contribution < -0.4 is 10.1 Å². The van der Waals surface area contributed by atoms with Crippen LogP contribution in [0.2, 0.25) is 0 Å². The standard InChI is InChI=1S/C16H13BrN2O3/c1-18-16-15(19(20)21)14(10-5-3-2-4-6-10)12-9-11(17)7-8-13(12)22-16/h2-9,14,18H,1H3. The highest BCUT2D eigenvalue weighted by Crippen LogP contribution is 2.43. The third kappa shape index (κ3) is 2.46. The quantitative estimate of drug-likeness (QED) is 0.670. The predicted molar refractivity (Wildman–Crippen MR) is 86.1 cm³/mol. The molecule has 1 aliphatic heterocycles. The van der Waals surface area contributed by atoms with Crippen molar-refractivity contribution in [2.24, 2.45) is 0 Å². The van der Waals surface area contributed by atoms with Crippen molar-refractivity contribution in [2.75, 3.05) is 7.05 Å². The first kappa shape index (κ1) is 14.6. The van der Waals surface area contributed by atoms with E-state index in [-0.39, 0.29) is 16.5 Å². The third-order valence-corrected chi connectivity index (χ3v) is 4.05. The average Bonchev–Trinajstić information content (AvgIpc) is 2.53. The first-order chi connectivity index (χ1) is 10.6. The van der Waals surface area contributed by atoms with Crippen LogP contribution in [0.5, 0.6) is 5.75 Å². The molecule has 3 rings (SSSR count). The van der Waals surface area contributed by atoms with Gasteiger partial charge in [0.2, 0.25) is 0 Å². The van der Waals surface area contributed by atoms with Gasteiger partial charge in [0, 0.05) is 17.1 Å². The second-order valence-corrected chi connectivity index (χ2v) is 5.77. The Balaban J connectivity index is 2.27. The fourth-order valence-electron chi connectivity index (χ4n) is 2.63. The van der Waals surface area contributed by atoms with Crippen molar-refractivity contribution >= 4 is 15.9 Å². The van der Waals surface area contributed by atoms with Gasteiger partial charge in [0.25, 0.3) is 5.88 Å². The van der Waals surface area contributed by atoms with E-state index >= 15 is 0 Å². The number of rotatable bonds is 3. The van der Waals surface area contributed by atoms with Crippen LogP contribution in [-0.4, -0.2) is 12.0 Å². The van der Waals surface area contributed by atoms with Crippen LogP contribution in [-0.2, 0) is 0 Å². The SMILES string of the molecule is CNC1=C([N+](=O)[O-])C(c2ccccc2)c2cc(Br)ccc2O1. The zero-order chi connectivity index (χ0) is 15.7. The molecule has 22 heavy (non-hydrogen) atoms. The zero-order valence-electron chi connectivity index (χ0n) is 11.7. The summed E-state index contributed by atoms with van der Waals surface area (Å²) in [6.45, 7) is 0. The molecule has 0 aromatic heterocycles. The smallest absolute Gasteiger partial charge is 0.317 e. The summed E-state index contributed by atoms with van der Waals surface area (Å²) in [7, 11) is 1.62. The summed E-state index contributed by atoms with van der Waals surface area (Å²) in [5.74, 6) is 0.306. The molecule has 0 bridgehead atoms. The number of hydrogen-bond donors (Lipinski definition) is 1. The van der Waals surface area contributed by atoms with Gasteiger partial charge in [0.05, 0.1) is 4.92 Å². The second kappa shape index (κ2) is 5.81. The van der Waals surface area contributed by atoms with E-state index in [1.165, 1.54) is 0 Å². The summed E-state index contributed by atoms with van der Waals surface area (Å²) in [5, 5.41) is 14.4. The molecule has 1 unspecified atom stereocenters. The normalized spacial score (nSPS) is 16.7. The lowest BCUT2D eigenvalue weighted by Gasteiger charge is -2.25. The Morgan fingerprint density at radius 2 is 1.95 bits per heavy atom. The summed E-state index contributed by atoms with van der Waals surface area (Å²) >= 11 is 3.42. The van der Waals surface area contributed by atoms with Gasteiger partial charge in [0.1, 0.15) is 11.7 Å². The molecule has 1 heterocycles. The summed E-state index contributed by atoms with van der Waals surface area (Å²) in [6, 6.07) is 14.9. The highest BCUT2D eigenvalue weighted by atomic mass is 79.9. The highest BCUT2D eigenvalue weighted by molar-refractivity contribution is 9.10. The van der Waals surface area contributed by atoms with Gasteiger partial charge in [0.15, 0.2) is 0 Å². The lowest BCUT2D eigenvalue weighted by atomic mass is 9.86. The fourth-order valence-corrected chi connectivity index (χ4v) is 3.01. The van der Waals surface area contributed by atoms with E-state index in [1.807, 2.05) is 48.5 Å². The molecule has 6 heteroatoms. The number of nitro groups is 1. The topological polar surface area (TPSA) is 64.4 Å². The van der Waals surface area contributed by atoms with Gasteiger partial charge in [-0.25, -0.2) is 0 Å². The molecule has 0 saturated carbocycles. The van der Waals surface area contributed by atoms with Crippen LogP contribution in [0.3, 0.4) is 0 Å². The van der Waals surface area contributed by atoms with E-state index in [0.29, 0.717) is 5.75 Å². The van der Waals surface area contributed by atoms with Crippen molar-refractivity contribution in [3.8, 4) is 5.75 Å². The molecule has 1 atom stereocenters. The maximum absolute atomic E-state index is 11.6. The minimum atomic E-state index is -0.486. The molecule has 2 aromatic rings. The number of allylic oxidation sites excluding steroid dienone is 1. The van der Waals surface area contributed by atoms with Crippen molar-refractivity contribution in [1.29, 1.82) is 0 Å². The van der Waals surface area contributed by atoms with Crippen LogP contribution in [0, 0.1) is 10.1 Å². The number of hydrogen-bond acceptors (Lipinski definition) is 4. The van der Waals surface area contributed by atoms with Crippen LogP contribution >= 0.6 is 15.9 Å². The molecule has 1 N–H and O–H groups in total. The van der Waals surface area contributed by atoms with Gasteiger partial charge in [-0.3, -0.25) is 10.1 Å². The summed E-state index contributed by atoms with van der Waals surface area (Å²) in [6.07, 6.45) is 0. The number of ether oxygens (including phenoxy) is 1. The number of nitrogens with zero attached hydrogens (tertiary/aromatic N) is 1. The fraction of sp³-hybridized carbons (Fsp3) is 0.125. The Hall–Kier alpha value is -2.34. The molecule has 0 amide bonds.